The van der Waals surface area contributed by atoms with Gasteiger partial charge in [0.1, 0.15) is 0 Å². The van der Waals surface area contributed by atoms with Gasteiger partial charge in [-0.15, -0.1) is 0 Å². The van der Waals surface area contributed by atoms with E-state index < -0.39 is 0 Å². The van der Waals surface area contributed by atoms with Crippen molar-refractivity contribution in [3.63, 3.8) is 0 Å². The number of nitrogens with zero attached hydrogens (tertiary/aromatic N) is 1. The van der Waals surface area contributed by atoms with E-state index in [0.717, 1.165) is 5.56 Å². The van der Waals surface area contributed by atoms with E-state index in [0.29, 0.717) is 28.4 Å². The molecule has 1 heterocycles. The third-order valence-electron chi connectivity index (χ3n) is 3.65. The summed E-state index contributed by atoms with van der Waals surface area (Å²) in [6.07, 6.45) is 3.12. The molecule has 0 aliphatic carbocycles. The summed E-state index contributed by atoms with van der Waals surface area (Å²) in [5.41, 5.74) is 2.49. The molecule has 2 N–H and O–H groups in total. The Bertz CT molecular complexity index is 929. The van der Waals surface area contributed by atoms with E-state index in [9.17, 15) is 9.59 Å². The summed E-state index contributed by atoms with van der Waals surface area (Å²) in [5.74, 6) is -0.449. The minimum Gasteiger partial charge on any atom is -0.348 e. The number of hydrogen-bond acceptors (Lipinski definition) is 3. The quantitative estimate of drug-likeness (QED) is 0.720. The summed E-state index contributed by atoms with van der Waals surface area (Å²) in [6, 6.07) is 17.4. The lowest BCUT2D eigenvalue weighted by Crippen LogP contribution is -2.23. The van der Waals surface area contributed by atoms with Gasteiger partial charge in [-0.2, -0.15) is 0 Å². The Morgan fingerprint density at radius 2 is 1.73 bits per heavy atom. The minimum atomic E-state index is -0.246. The second-order valence-electron chi connectivity index (χ2n) is 5.59. The molecule has 0 saturated heterocycles. The average Bonchev–Trinajstić information content (AvgIpc) is 2.67. The van der Waals surface area contributed by atoms with Crippen LogP contribution in [0, 0.1) is 0 Å². The molecule has 130 valence electrons. The van der Waals surface area contributed by atoms with E-state index in [1.807, 2.05) is 18.2 Å². The molecule has 2 aromatic carbocycles. The van der Waals surface area contributed by atoms with Crippen molar-refractivity contribution in [1.29, 1.82) is 0 Å². The highest BCUT2D eigenvalue weighted by molar-refractivity contribution is 6.31. The van der Waals surface area contributed by atoms with E-state index in [1.54, 1.807) is 48.7 Å². The summed E-state index contributed by atoms with van der Waals surface area (Å²) in [7, 11) is 0. The lowest BCUT2D eigenvalue weighted by molar-refractivity contribution is 0.0949. The van der Waals surface area contributed by atoms with Crippen LogP contribution in [0.3, 0.4) is 0 Å². The number of anilines is 1. The summed E-state index contributed by atoms with van der Waals surface area (Å²) in [6.45, 7) is 0.342. The standard InChI is InChI=1S/C20H16ClN3O2/c21-17-7-2-5-15(11-17)20(26)24-18-8-1-4-14(10-18)12-23-19(25)16-6-3-9-22-13-16/h1-11,13H,12H2,(H,23,25)(H,24,26). The normalized spacial score (nSPS) is 10.2. The molecule has 0 radical (unpaired) electrons. The van der Waals surface area contributed by atoms with Crippen LogP contribution >= 0.6 is 11.6 Å². The van der Waals surface area contributed by atoms with Gasteiger partial charge in [0.25, 0.3) is 11.8 Å². The van der Waals surface area contributed by atoms with Gasteiger partial charge in [-0.3, -0.25) is 14.6 Å². The van der Waals surface area contributed by atoms with Crippen molar-refractivity contribution in [3.8, 4) is 0 Å². The Kier molecular flexibility index (Phi) is 5.61. The Morgan fingerprint density at radius 3 is 2.50 bits per heavy atom. The molecule has 0 bridgehead atoms. The number of carbonyl (C=O) groups is 2. The van der Waals surface area contributed by atoms with Crippen LogP contribution in [0.5, 0.6) is 0 Å². The molecule has 1 aromatic heterocycles. The molecule has 26 heavy (non-hydrogen) atoms. The number of benzene rings is 2. The van der Waals surface area contributed by atoms with E-state index >= 15 is 0 Å². The number of nitrogens with one attached hydrogen (secondary N) is 2. The maximum atomic E-state index is 12.3. The molecule has 0 aliphatic rings. The molecule has 3 aromatic rings. The molecule has 6 heteroatoms. The highest BCUT2D eigenvalue weighted by atomic mass is 35.5. The number of rotatable bonds is 5. The molecule has 3 rings (SSSR count). The summed E-state index contributed by atoms with van der Waals surface area (Å²) in [5, 5.41) is 6.15. The highest BCUT2D eigenvalue weighted by Gasteiger charge is 2.08. The van der Waals surface area contributed by atoms with Crippen LogP contribution < -0.4 is 10.6 Å². The number of pyridine rings is 1. The van der Waals surface area contributed by atoms with E-state index in [-0.39, 0.29) is 11.8 Å². The molecule has 0 fully saturated rings. The number of hydrogen-bond donors (Lipinski definition) is 2. The van der Waals surface area contributed by atoms with Crippen molar-refractivity contribution in [2.45, 2.75) is 6.54 Å². The van der Waals surface area contributed by atoms with Crippen LogP contribution in [0.25, 0.3) is 0 Å². The molecule has 2 amide bonds. The van der Waals surface area contributed by atoms with Gasteiger partial charge in [0.15, 0.2) is 0 Å². The third-order valence-corrected chi connectivity index (χ3v) is 3.88. The van der Waals surface area contributed by atoms with Gasteiger partial charge in [0.05, 0.1) is 5.56 Å². The maximum absolute atomic E-state index is 12.3. The van der Waals surface area contributed by atoms with Gasteiger partial charge in [0, 0.05) is 35.2 Å². The zero-order valence-corrected chi connectivity index (χ0v) is 14.5. The molecule has 5 nitrogen and oxygen atoms in total. The van der Waals surface area contributed by atoms with Gasteiger partial charge in [0.2, 0.25) is 0 Å². The maximum Gasteiger partial charge on any atom is 0.255 e. The van der Waals surface area contributed by atoms with Crippen molar-refractivity contribution in [2.24, 2.45) is 0 Å². The second kappa shape index (κ2) is 8.27. The minimum absolute atomic E-state index is 0.202. The van der Waals surface area contributed by atoms with Crippen LogP contribution in [0.2, 0.25) is 5.02 Å². The first kappa shape index (κ1) is 17.6. The number of halogens is 1. The zero-order chi connectivity index (χ0) is 18.4. The van der Waals surface area contributed by atoms with E-state index in [4.69, 9.17) is 11.6 Å². The van der Waals surface area contributed by atoms with Crippen molar-refractivity contribution in [2.75, 3.05) is 5.32 Å². The zero-order valence-electron chi connectivity index (χ0n) is 13.8. The third kappa shape index (κ3) is 4.68. The first-order valence-electron chi connectivity index (χ1n) is 7.96. The van der Waals surface area contributed by atoms with E-state index in [2.05, 4.69) is 15.6 Å². The smallest absolute Gasteiger partial charge is 0.255 e. The number of carbonyl (C=O) groups excluding carboxylic acids is 2. The first-order chi connectivity index (χ1) is 12.6. The molecule has 0 spiro atoms. The van der Waals surface area contributed by atoms with Crippen LogP contribution in [0.4, 0.5) is 5.69 Å². The van der Waals surface area contributed by atoms with Gasteiger partial charge in [-0.25, -0.2) is 0 Å². The van der Waals surface area contributed by atoms with Gasteiger partial charge in [-0.05, 0) is 48.0 Å². The fourth-order valence-electron chi connectivity index (χ4n) is 2.37. The predicted octanol–water partition coefficient (Wildman–Crippen LogP) is 3.92. The fourth-order valence-corrected chi connectivity index (χ4v) is 2.56. The van der Waals surface area contributed by atoms with Crippen molar-refractivity contribution in [3.05, 3.63) is 94.8 Å². The van der Waals surface area contributed by atoms with Crippen LogP contribution in [0.15, 0.2) is 73.1 Å². The number of aromatic nitrogens is 1. The monoisotopic (exact) mass is 365 g/mol. The van der Waals surface area contributed by atoms with Gasteiger partial charge in [-0.1, -0.05) is 29.8 Å². The van der Waals surface area contributed by atoms with Gasteiger partial charge < -0.3 is 10.6 Å². The lowest BCUT2D eigenvalue weighted by Gasteiger charge is -2.09. The SMILES string of the molecule is O=C(NCc1cccc(NC(=O)c2cccc(Cl)c2)c1)c1cccnc1. The molecular weight excluding hydrogens is 350 g/mol. The van der Waals surface area contributed by atoms with Crippen LogP contribution in [0.1, 0.15) is 26.3 Å². The van der Waals surface area contributed by atoms with E-state index in [1.165, 1.54) is 6.20 Å². The van der Waals surface area contributed by atoms with Crippen molar-refractivity contribution >= 4 is 29.1 Å². The molecule has 0 unspecified atom stereocenters. The predicted molar refractivity (Wildman–Crippen MR) is 101 cm³/mol. The molecule has 0 saturated carbocycles. The largest absolute Gasteiger partial charge is 0.348 e. The second-order valence-corrected chi connectivity index (χ2v) is 6.03. The summed E-state index contributed by atoms with van der Waals surface area (Å²) >= 11 is 5.91. The van der Waals surface area contributed by atoms with Crippen LogP contribution in [-0.2, 0) is 6.54 Å². The summed E-state index contributed by atoms with van der Waals surface area (Å²) in [4.78, 5) is 28.3. The Hall–Kier alpha value is -3.18. The number of amides is 2. The summed E-state index contributed by atoms with van der Waals surface area (Å²) < 4.78 is 0. The van der Waals surface area contributed by atoms with Crippen molar-refractivity contribution < 1.29 is 9.59 Å². The van der Waals surface area contributed by atoms with Gasteiger partial charge >= 0.3 is 0 Å². The topological polar surface area (TPSA) is 71.1 Å². The molecule has 0 aliphatic heterocycles. The lowest BCUT2D eigenvalue weighted by atomic mass is 10.1. The average molecular weight is 366 g/mol. The highest BCUT2D eigenvalue weighted by Crippen LogP contribution is 2.15. The van der Waals surface area contributed by atoms with Crippen molar-refractivity contribution in [1.82, 2.24) is 10.3 Å². The molecular formula is C20H16ClN3O2. The van der Waals surface area contributed by atoms with Crippen LogP contribution in [-0.4, -0.2) is 16.8 Å². The Morgan fingerprint density at radius 1 is 0.923 bits per heavy atom. The Labute approximate surface area is 156 Å². The first-order valence-corrected chi connectivity index (χ1v) is 8.34. The molecule has 0 atom stereocenters. The fraction of sp³-hybridized carbons (Fsp3) is 0.0500. The Balaban J connectivity index is 1.63.